The van der Waals surface area contributed by atoms with E-state index in [1.54, 1.807) is 0 Å². The predicted molar refractivity (Wildman–Crippen MR) is 63.7 cm³/mol. The predicted octanol–water partition coefficient (Wildman–Crippen LogP) is 1.11. The van der Waals surface area contributed by atoms with Gasteiger partial charge in [0.05, 0.1) is 0 Å². The third kappa shape index (κ3) is 4.49. The van der Waals surface area contributed by atoms with Crippen molar-refractivity contribution in [1.82, 2.24) is 5.32 Å². The molecule has 0 spiro atoms. The van der Waals surface area contributed by atoms with Crippen molar-refractivity contribution in [3.05, 3.63) is 0 Å². The summed E-state index contributed by atoms with van der Waals surface area (Å²) < 4.78 is 0. The maximum atomic E-state index is 8.73. The highest BCUT2D eigenvalue weighted by Gasteiger charge is 2.24. The molecule has 1 aliphatic rings. The molecule has 0 aromatic heterocycles. The molecule has 0 aromatic rings. The van der Waals surface area contributed by atoms with Gasteiger partial charge in [-0.25, -0.2) is 0 Å². The van der Waals surface area contributed by atoms with Crippen LogP contribution in [0.15, 0.2) is 0 Å². The van der Waals surface area contributed by atoms with E-state index < -0.39 is 0 Å². The monoisotopic (exact) mass is 214 g/mol. The molecule has 0 heterocycles. The normalized spacial score (nSPS) is 29.0. The second-order valence-electron chi connectivity index (χ2n) is 4.89. The number of aliphatic hydroxyl groups excluding tert-OH is 1. The van der Waals surface area contributed by atoms with Crippen molar-refractivity contribution in [1.29, 1.82) is 0 Å². The van der Waals surface area contributed by atoms with Gasteiger partial charge >= 0.3 is 0 Å². The van der Waals surface area contributed by atoms with Gasteiger partial charge in [0, 0.05) is 19.2 Å². The minimum Gasteiger partial charge on any atom is -0.396 e. The molecule has 3 heteroatoms. The fourth-order valence-corrected chi connectivity index (χ4v) is 2.50. The quantitative estimate of drug-likeness (QED) is 0.581. The second-order valence-corrected chi connectivity index (χ2v) is 4.89. The van der Waals surface area contributed by atoms with Gasteiger partial charge < -0.3 is 16.2 Å². The van der Waals surface area contributed by atoms with Crippen LogP contribution in [-0.2, 0) is 0 Å². The van der Waals surface area contributed by atoms with E-state index in [2.05, 4.69) is 12.2 Å². The van der Waals surface area contributed by atoms with Crippen LogP contribution in [0.4, 0.5) is 0 Å². The first kappa shape index (κ1) is 12.9. The fourth-order valence-electron chi connectivity index (χ4n) is 2.50. The van der Waals surface area contributed by atoms with Gasteiger partial charge in [0.25, 0.3) is 0 Å². The summed E-state index contributed by atoms with van der Waals surface area (Å²) in [6.45, 7) is 4.23. The van der Waals surface area contributed by atoms with Gasteiger partial charge in [-0.05, 0) is 37.6 Å². The summed E-state index contributed by atoms with van der Waals surface area (Å²) in [7, 11) is 0. The molecular weight excluding hydrogens is 188 g/mol. The van der Waals surface area contributed by atoms with Crippen LogP contribution >= 0.6 is 0 Å². The molecule has 0 radical (unpaired) electrons. The van der Waals surface area contributed by atoms with E-state index in [-0.39, 0.29) is 6.61 Å². The van der Waals surface area contributed by atoms with Crippen LogP contribution in [0.3, 0.4) is 0 Å². The molecule has 1 saturated carbocycles. The van der Waals surface area contributed by atoms with Crippen LogP contribution in [0.5, 0.6) is 0 Å². The topological polar surface area (TPSA) is 58.3 Å². The Kier molecular flexibility index (Phi) is 6.22. The third-order valence-electron chi connectivity index (χ3n) is 3.62. The van der Waals surface area contributed by atoms with E-state index >= 15 is 0 Å². The number of aliphatic hydroxyl groups is 1. The molecule has 1 aliphatic carbocycles. The Morgan fingerprint density at radius 3 is 2.53 bits per heavy atom. The summed E-state index contributed by atoms with van der Waals surface area (Å²) >= 11 is 0. The molecule has 0 amide bonds. The Labute approximate surface area is 93.4 Å². The zero-order valence-corrected chi connectivity index (χ0v) is 9.91. The SMILES string of the molecule is CC1CCC(C(CN)NCCCO)CC1. The van der Waals surface area contributed by atoms with Crippen molar-refractivity contribution in [3.63, 3.8) is 0 Å². The molecule has 0 aromatic carbocycles. The highest BCUT2D eigenvalue weighted by molar-refractivity contribution is 4.81. The van der Waals surface area contributed by atoms with E-state index in [1.165, 1.54) is 25.7 Å². The molecule has 1 fully saturated rings. The van der Waals surface area contributed by atoms with Crippen LogP contribution in [0, 0.1) is 11.8 Å². The van der Waals surface area contributed by atoms with Gasteiger partial charge in [-0.3, -0.25) is 0 Å². The Balaban J connectivity index is 2.24. The van der Waals surface area contributed by atoms with Crippen molar-refractivity contribution < 1.29 is 5.11 Å². The number of hydrogen-bond donors (Lipinski definition) is 3. The number of hydrogen-bond acceptors (Lipinski definition) is 3. The highest BCUT2D eigenvalue weighted by Crippen LogP contribution is 2.30. The van der Waals surface area contributed by atoms with Gasteiger partial charge in [-0.15, -0.1) is 0 Å². The average molecular weight is 214 g/mol. The zero-order chi connectivity index (χ0) is 11.1. The number of nitrogens with two attached hydrogens (primary N) is 1. The molecule has 0 aliphatic heterocycles. The zero-order valence-electron chi connectivity index (χ0n) is 9.91. The van der Waals surface area contributed by atoms with Gasteiger partial charge in [0.1, 0.15) is 0 Å². The third-order valence-corrected chi connectivity index (χ3v) is 3.62. The lowest BCUT2D eigenvalue weighted by atomic mass is 9.79. The van der Waals surface area contributed by atoms with Gasteiger partial charge in [-0.1, -0.05) is 19.8 Å². The first-order valence-electron chi connectivity index (χ1n) is 6.32. The molecule has 1 rings (SSSR count). The molecule has 1 atom stereocenters. The molecule has 4 N–H and O–H groups in total. The summed E-state index contributed by atoms with van der Waals surface area (Å²) in [5.74, 6) is 1.65. The average Bonchev–Trinajstić information content (AvgIpc) is 2.26. The van der Waals surface area contributed by atoms with E-state index in [9.17, 15) is 0 Å². The summed E-state index contributed by atoms with van der Waals surface area (Å²) in [5.41, 5.74) is 5.80. The largest absolute Gasteiger partial charge is 0.396 e. The van der Waals surface area contributed by atoms with Gasteiger partial charge in [0.2, 0.25) is 0 Å². The molecular formula is C12H26N2O. The van der Waals surface area contributed by atoms with Crippen molar-refractivity contribution in [3.8, 4) is 0 Å². The minimum absolute atomic E-state index is 0.270. The molecule has 15 heavy (non-hydrogen) atoms. The number of nitrogens with one attached hydrogen (secondary N) is 1. The van der Waals surface area contributed by atoms with Crippen LogP contribution < -0.4 is 11.1 Å². The maximum absolute atomic E-state index is 8.73. The fraction of sp³-hybridized carbons (Fsp3) is 1.00. The minimum atomic E-state index is 0.270. The Hall–Kier alpha value is -0.120. The van der Waals surface area contributed by atoms with Crippen LogP contribution in [0.2, 0.25) is 0 Å². The Bertz CT molecular complexity index is 156. The van der Waals surface area contributed by atoms with Crippen molar-refractivity contribution in [2.24, 2.45) is 17.6 Å². The lowest BCUT2D eigenvalue weighted by Crippen LogP contribution is -2.44. The first-order chi connectivity index (χ1) is 7.27. The highest BCUT2D eigenvalue weighted by atomic mass is 16.3. The number of rotatable bonds is 6. The lowest BCUT2D eigenvalue weighted by Gasteiger charge is -2.32. The van der Waals surface area contributed by atoms with Crippen LogP contribution in [0.1, 0.15) is 39.0 Å². The molecule has 0 bridgehead atoms. The Morgan fingerprint density at radius 2 is 2.00 bits per heavy atom. The van der Waals surface area contributed by atoms with Gasteiger partial charge in [-0.2, -0.15) is 0 Å². The van der Waals surface area contributed by atoms with Gasteiger partial charge in [0.15, 0.2) is 0 Å². The standard InChI is InChI=1S/C12H26N2O/c1-10-3-5-11(6-4-10)12(9-13)14-7-2-8-15/h10-12,14-15H,2-9,13H2,1H3. The lowest BCUT2D eigenvalue weighted by molar-refractivity contribution is 0.225. The van der Waals surface area contributed by atoms with Crippen molar-refractivity contribution in [2.75, 3.05) is 19.7 Å². The van der Waals surface area contributed by atoms with E-state index in [4.69, 9.17) is 10.8 Å². The summed E-state index contributed by atoms with van der Waals surface area (Å²) in [6, 6.07) is 0.462. The molecule has 0 saturated heterocycles. The first-order valence-corrected chi connectivity index (χ1v) is 6.32. The maximum Gasteiger partial charge on any atom is 0.0443 e. The van der Waals surface area contributed by atoms with E-state index in [0.717, 1.165) is 31.3 Å². The van der Waals surface area contributed by atoms with Crippen molar-refractivity contribution in [2.45, 2.75) is 45.1 Å². The summed E-state index contributed by atoms with van der Waals surface area (Å²) in [6.07, 6.45) is 6.16. The smallest absolute Gasteiger partial charge is 0.0443 e. The van der Waals surface area contributed by atoms with E-state index in [0.29, 0.717) is 6.04 Å². The van der Waals surface area contributed by atoms with Crippen molar-refractivity contribution >= 4 is 0 Å². The van der Waals surface area contributed by atoms with Crippen LogP contribution in [0.25, 0.3) is 0 Å². The molecule has 3 nitrogen and oxygen atoms in total. The molecule has 90 valence electrons. The van der Waals surface area contributed by atoms with Crippen LogP contribution in [-0.4, -0.2) is 30.8 Å². The van der Waals surface area contributed by atoms with E-state index in [1.807, 2.05) is 0 Å². The Morgan fingerprint density at radius 1 is 1.33 bits per heavy atom. The summed E-state index contributed by atoms with van der Waals surface area (Å²) in [4.78, 5) is 0. The summed E-state index contributed by atoms with van der Waals surface area (Å²) in [5, 5.41) is 12.2. The second kappa shape index (κ2) is 7.20. The molecule has 1 unspecified atom stereocenters.